The molecule has 0 fully saturated rings. The third-order valence-corrected chi connectivity index (χ3v) is 4.45. The number of benzene rings is 2. The fraction of sp³-hybridized carbons (Fsp3) is 0.167. The minimum atomic E-state index is -0.436. The van der Waals surface area contributed by atoms with Gasteiger partial charge in [-0.3, -0.25) is 4.79 Å². The van der Waals surface area contributed by atoms with Crippen molar-refractivity contribution in [3.05, 3.63) is 59.9 Å². The molecule has 0 radical (unpaired) electrons. The van der Waals surface area contributed by atoms with E-state index in [1.54, 1.807) is 26.2 Å². The standard InChI is InChI=1S/C18H15FN2O3S/c1-11(16(22)12-3-7-14(19)8-4-12)25-18-21-20-17(24-18)13-5-9-15(23-2)10-6-13/h3-11H,1-2H3. The summed E-state index contributed by atoms with van der Waals surface area (Å²) >= 11 is 1.17. The molecule has 0 saturated carbocycles. The van der Waals surface area contributed by atoms with Crippen LogP contribution in [0.25, 0.3) is 11.5 Å². The van der Waals surface area contributed by atoms with E-state index in [0.29, 0.717) is 16.7 Å². The van der Waals surface area contributed by atoms with Crippen molar-refractivity contribution >= 4 is 17.5 Å². The Bertz CT molecular complexity index is 863. The molecule has 0 bridgehead atoms. The van der Waals surface area contributed by atoms with Crippen LogP contribution >= 0.6 is 11.8 Å². The predicted molar refractivity (Wildman–Crippen MR) is 92.3 cm³/mol. The van der Waals surface area contributed by atoms with Crippen molar-refractivity contribution in [2.24, 2.45) is 0 Å². The van der Waals surface area contributed by atoms with Gasteiger partial charge in [-0.1, -0.05) is 11.8 Å². The van der Waals surface area contributed by atoms with E-state index in [4.69, 9.17) is 9.15 Å². The molecule has 3 rings (SSSR count). The van der Waals surface area contributed by atoms with Crippen LogP contribution in [-0.2, 0) is 0 Å². The van der Waals surface area contributed by atoms with Crippen molar-refractivity contribution in [1.82, 2.24) is 10.2 Å². The molecule has 3 aromatic rings. The Hall–Kier alpha value is -2.67. The number of nitrogens with zero attached hydrogens (tertiary/aromatic N) is 2. The highest BCUT2D eigenvalue weighted by Gasteiger charge is 2.20. The molecule has 1 heterocycles. The summed E-state index contributed by atoms with van der Waals surface area (Å²) in [5.74, 6) is 0.593. The lowest BCUT2D eigenvalue weighted by molar-refractivity contribution is 0.0993. The zero-order chi connectivity index (χ0) is 17.8. The third kappa shape index (κ3) is 4.06. The maximum atomic E-state index is 13.0. The summed E-state index contributed by atoms with van der Waals surface area (Å²) in [7, 11) is 1.59. The van der Waals surface area contributed by atoms with Gasteiger partial charge in [-0.05, 0) is 55.5 Å². The number of carbonyl (C=O) groups excluding carboxylic acids is 1. The molecule has 7 heteroatoms. The first-order valence-electron chi connectivity index (χ1n) is 7.51. The average molecular weight is 358 g/mol. The lowest BCUT2D eigenvalue weighted by Gasteiger charge is -2.07. The van der Waals surface area contributed by atoms with E-state index in [1.165, 1.54) is 36.0 Å². The second-order valence-corrected chi connectivity index (χ2v) is 6.52. The van der Waals surface area contributed by atoms with Crippen LogP contribution in [0.15, 0.2) is 58.2 Å². The molecule has 0 saturated heterocycles. The number of methoxy groups -OCH3 is 1. The molecule has 128 valence electrons. The molecule has 0 aliphatic heterocycles. The quantitative estimate of drug-likeness (QED) is 0.485. The Balaban J connectivity index is 1.69. The summed E-state index contributed by atoms with van der Waals surface area (Å²) in [5, 5.41) is 7.83. The zero-order valence-corrected chi connectivity index (χ0v) is 14.4. The van der Waals surface area contributed by atoms with Gasteiger partial charge in [0.05, 0.1) is 12.4 Å². The maximum Gasteiger partial charge on any atom is 0.277 e. The van der Waals surface area contributed by atoms with Crippen molar-refractivity contribution < 1.29 is 18.3 Å². The fourth-order valence-electron chi connectivity index (χ4n) is 2.16. The fourth-order valence-corrected chi connectivity index (χ4v) is 2.92. The Morgan fingerprint density at radius 1 is 1.12 bits per heavy atom. The molecule has 1 unspecified atom stereocenters. The molecule has 0 amide bonds. The summed E-state index contributed by atoms with van der Waals surface area (Å²) < 4.78 is 23.7. The number of hydrogen-bond acceptors (Lipinski definition) is 6. The molecule has 0 N–H and O–H groups in total. The molecule has 1 aromatic heterocycles. The minimum Gasteiger partial charge on any atom is -0.497 e. The van der Waals surface area contributed by atoms with E-state index in [9.17, 15) is 9.18 Å². The first-order chi connectivity index (χ1) is 12.1. The van der Waals surface area contributed by atoms with E-state index >= 15 is 0 Å². The molecule has 0 aliphatic carbocycles. The summed E-state index contributed by atoms with van der Waals surface area (Å²) in [6.07, 6.45) is 0. The Kier molecular flexibility index (Phi) is 5.14. The smallest absolute Gasteiger partial charge is 0.277 e. The maximum absolute atomic E-state index is 13.0. The number of halogens is 1. The van der Waals surface area contributed by atoms with Gasteiger partial charge in [-0.25, -0.2) is 4.39 Å². The Labute approximate surface area is 148 Å². The molecule has 25 heavy (non-hydrogen) atoms. The molecular formula is C18H15FN2O3S. The highest BCUT2D eigenvalue weighted by atomic mass is 32.2. The van der Waals surface area contributed by atoms with Gasteiger partial charge in [0.25, 0.3) is 5.22 Å². The third-order valence-electron chi connectivity index (χ3n) is 3.52. The largest absolute Gasteiger partial charge is 0.497 e. The normalized spacial score (nSPS) is 12.0. The van der Waals surface area contributed by atoms with Crippen LogP contribution < -0.4 is 4.74 Å². The molecule has 2 aromatic carbocycles. The van der Waals surface area contributed by atoms with Crippen LogP contribution in [-0.4, -0.2) is 28.3 Å². The van der Waals surface area contributed by atoms with E-state index in [0.717, 1.165) is 11.3 Å². The number of Topliss-reactive ketones (excluding diaryl/α,β-unsaturated/α-hetero) is 1. The summed E-state index contributed by atoms with van der Waals surface area (Å²) in [5.41, 5.74) is 1.20. The summed E-state index contributed by atoms with van der Waals surface area (Å²) in [4.78, 5) is 12.4. The summed E-state index contributed by atoms with van der Waals surface area (Å²) in [6, 6.07) is 12.7. The lowest BCUT2D eigenvalue weighted by Crippen LogP contribution is -2.13. The van der Waals surface area contributed by atoms with E-state index in [2.05, 4.69) is 10.2 Å². The van der Waals surface area contributed by atoms with Gasteiger partial charge >= 0.3 is 0 Å². The molecular weight excluding hydrogens is 343 g/mol. The van der Waals surface area contributed by atoms with Gasteiger partial charge in [0.1, 0.15) is 11.6 Å². The highest BCUT2D eigenvalue weighted by molar-refractivity contribution is 8.00. The number of ketones is 1. The minimum absolute atomic E-state index is 0.130. The first-order valence-corrected chi connectivity index (χ1v) is 8.39. The van der Waals surface area contributed by atoms with Gasteiger partial charge < -0.3 is 9.15 Å². The van der Waals surface area contributed by atoms with Gasteiger partial charge in [0.15, 0.2) is 5.78 Å². The van der Waals surface area contributed by atoms with Crippen molar-refractivity contribution in [2.45, 2.75) is 17.4 Å². The second-order valence-electron chi connectivity index (χ2n) is 5.23. The van der Waals surface area contributed by atoms with Gasteiger partial charge in [-0.2, -0.15) is 0 Å². The zero-order valence-electron chi connectivity index (χ0n) is 13.6. The Morgan fingerprint density at radius 2 is 1.80 bits per heavy atom. The average Bonchev–Trinajstić information content (AvgIpc) is 3.10. The SMILES string of the molecule is COc1ccc(-c2nnc(SC(C)C(=O)c3ccc(F)cc3)o2)cc1. The highest BCUT2D eigenvalue weighted by Crippen LogP contribution is 2.28. The predicted octanol–water partition coefficient (Wildman–Crippen LogP) is 4.25. The van der Waals surface area contributed by atoms with Crippen molar-refractivity contribution in [2.75, 3.05) is 7.11 Å². The second kappa shape index (κ2) is 7.48. The van der Waals surface area contributed by atoms with Crippen LogP contribution in [0.1, 0.15) is 17.3 Å². The van der Waals surface area contributed by atoms with Gasteiger partial charge in [0.2, 0.25) is 5.89 Å². The number of aromatic nitrogens is 2. The van der Waals surface area contributed by atoms with E-state index in [1.807, 2.05) is 12.1 Å². The monoisotopic (exact) mass is 358 g/mol. The molecule has 0 spiro atoms. The van der Waals surface area contributed by atoms with Crippen molar-refractivity contribution in [3.63, 3.8) is 0 Å². The van der Waals surface area contributed by atoms with Crippen molar-refractivity contribution in [3.8, 4) is 17.2 Å². The number of rotatable bonds is 6. The van der Waals surface area contributed by atoms with Crippen LogP contribution in [0.5, 0.6) is 5.75 Å². The van der Waals surface area contributed by atoms with Crippen molar-refractivity contribution in [1.29, 1.82) is 0 Å². The van der Waals surface area contributed by atoms with Gasteiger partial charge in [0, 0.05) is 11.1 Å². The van der Waals surface area contributed by atoms with Crippen LogP contribution in [0, 0.1) is 5.82 Å². The van der Waals surface area contributed by atoms with Crippen LogP contribution in [0.3, 0.4) is 0 Å². The van der Waals surface area contributed by atoms with E-state index in [-0.39, 0.29) is 11.6 Å². The Morgan fingerprint density at radius 3 is 2.44 bits per heavy atom. The number of thioether (sulfide) groups is 1. The van der Waals surface area contributed by atoms with Gasteiger partial charge in [-0.15, -0.1) is 10.2 Å². The number of ether oxygens (including phenoxy) is 1. The number of hydrogen-bond donors (Lipinski definition) is 0. The molecule has 0 aliphatic rings. The molecule has 5 nitrogen and oxygen atoms in total. The number of carbonyl (C=O) groups is 1. The lowest BCUT2D eigenvalue weighted by atomic mass is 10.1. The topological polar surface area (TPSA) is 65.2 Å². The first kappa shape index (κ1) is 17.2. The van der Waals surface area contributed by atoms with Crippen LogP contribution in [0.4, 0.5) is 4.39 Å². The van der Waals surface area contributed by atoms with Crippen LogP contribution in [0.2, 0.25) is 0 Å². The molecule has 1 atom stereocenters. The van der Waals surface area contributed by atoms with E-state index < -0.39 is 5.25 Å². The summed E-state index contributed by atoms with van der Waals surface area (Å²) in [6.45, 7) is 1.74.